The SMILES string of the molecule is CC(CCN)N(C)c1ccc2c(n1)CCC2. The summed E-state index contributed by atoms with van der Waals surface area (Å²) in [6, 6.07) is 4.82. The van der Waals surface area contributed by atoms with Crippen LogP contribution >= 0.6 is 0 Å². The molecule has 0 saturated carbocycles. The molecule has 1 atom stereocenters. The highest BCUT2D eigenvalue weighted by atomic mass is 15.2. The number of nitrogens with two attached hydrogens (primary N) is 1. The van der Waals surface area contributed by atoms with E-state index in [2.05, 4.69) is 31.0 Å². The average molecular weight is 219 g/mol. The van der Waals surface area contributed by atoms with E-state index >= 15 is 0 Å². The van der Waals surface area contributed by atoms with E-state index in [0.717, 1.165) is 25.2 Å². The second-order valence-corrected chi connectivity index (χ2v) is 4.67. The molecule has 1 heterocycles. The van der Waals surface area contributed by atoms with Gasteiger partial charge in [0.1, 0.15) is 5.82 Å². The highest BCUT2D eigenvalue weighted by Crippen LogP contribution is 2.23. The lowest BCUT2D eigenvalue weighted by atomic mass is 10.2. The Kier molecular flexibility index (Phi) is 3.44. The van der Waals surface area contributed by atoms with Gasteiger partial charge in [0.2, 0.25) is 0 Å². The van der Waals surface area contributed by atoms with Crippen molar-refractivity contribution in [1.82, 2.24) is 4.98 Å². The van der Waals surface area contributed by atoms with Gasteiger partial charge >= 0.3 is 0 Å². The van der Waals surface area contributed by atoms with Crippen LogP contribution in [-0.4, -0.2) is 24.6 Å². The molecule has 0 bridgehead atoms. The van der Waals surface area contributed by atoms with Crippen LogP contribution in [0.2, 0.25) is 0 Å². The average Bonchev–Trinajstić information content (AvgIpc) is 2.75. The number of aryl methyl sites for hydroxylation is 2. The zero-order valence-corrected chi connectivity index (χ0v) is 10.2. The molecule has 0 saturated heterocycles. The first kappa shape index (κ1) is 11.4. The summed E-state index contributed by atoms with van der Waals surface area (Å²) in [5.74, 6) is 1.08. The van der Waals surface area contributed by atoms with Crippen LogP contribution in [0.4, 0.5) is 5.82 Å². The van der Waals surface area contributed by atoms with Crippen molar-refractivity contribution in [2.45, 2.75) is 38.6 Å². The van der Waals surface area contributed by atoms with Gasteiger partial charge in [-0.2, -0.15) is 0 Å². The highest BCUT2D eigenvalue weighted by Gasteiger charge is 2.15. The summed E-state index contributed by atoms with van der Waals surface area (Å²) in [6.45, 7) is 2.93. The molecule has 0 amide bonds. The summed E-state index contributed by atoms with van der Waals surface area (Å²) in [4.78, 5) is 6.97. The third-order valence-electron chi connectivity index (χ3n) is 3.52. The Labute approximate surface area is 97.7 Å². The number of rotatable bonds is 4. The van der Waals surface area contributed by atoms with E-state index in [9.17, 15) is 0 Å². The molecule has 3 nitrogen and oxygen atoms in total. The fourth-order valence-corrected chi connectivity index (χ4v) is 2.27. The minimum Gasteiger partial charge on any atom is -0.357 e. The van der Waals surface area contributed by atoms with Gasteiger partial charge in [-0.1, -0.05) is 6.07 Å². The third kappa shape index (κ3) is 2.19. The molecule has 2 N–H and O–H groups in total. The number of anilines is 1. The molecule has 1 aromatic heterocycles. The molecule has 16 heavy (non-hydrogen) atoms. The van der Waals surface area contributed by atoms with Crippen LogP contribution in [0.15, 0.2) is 12.1 Å². The van der Waals surface area contributed by atoms with Crippen LogP contribution in [0, 0.1) is 0 Å². The predicted molar refractivity (Wildman–Crippen MR) is 67.8 cm³/mol. The maximum atomic E-state index is 5.59. The zero-order chi connectivity index (χ0) is 11.5. The van der Waals surface area contributed by atoms with E-state index in [-0.39, 0.29) is 0 Å². The summed E-state index contributed by atoms with van der Waals surface area (Å²) >= 11 is 0. The topological polar surface area (TPSA) is 42.1 Å². The Morgan fingerprint density at radius 3 is 3.00 bits per heavy atom. The van der Waals surface area contributed by atoms with Gasteiger partial charge in [0.25, 0.3) is 0 Å². The second-order valence-electron chi connectivity index (χ2n) is 4.67. The third-order valence-corrected chi connectivity index (χ3v) is 3.52. The standard InChI is InChI=1S/C13H21N3/c1-10(8-9-14)16(2)13-7-6-11-4-3-5-12(11)15-13/h6-7,10H,3-5,8-9,14H2,1-2H3. The van der Waals surface area contributed by atoms with Gasteiger partial charge in [0.05, 0.1) is 0 Å². The molecule has 0 radical (unpaired) electrons. The van der Waals surface area contributed by atoms with E-state index in [1.165, 1.54) is 24.1 Å². The molecule has 0 aromatic carbocycles. The van der Waals surface area contributed by atoms with Gasteiger partial charge in [-0.05, 0) is 50.8 Å². The van der Waals surface area contributed by atoms with E-state index in [4.69, 9.17) is 10.7 Å². The second kappa shape index (κ2) is 4.83. The number of hydrogen-bond acceptors (Lipinski definition) is 3. The quantitative estimate of drug-likeness (QED) is 0.838. The van der Waals surface area contributed by atoms with Crippen molar-refractivity contribution in [3.8, 4) is 0 Å². The summed E-state index contributed by atoms with van der Waals surface area (Å²) in [5, 5.41) is 0. The van der Waals surface area contributed by atoms with Crippen molar-refractivity contribution in [1.29, 1.82) is 0 Å². The lowest BCUT2D eigenvalue weighted by Crippen LogP contribution is -2.31. The van der Waals surface area contributed by atoms with Crippen LogP contribution in [0.25, 0.3) is 0 Å². The smallest absolute Gasteiger partial charge is 0.128 e. The van der Waals surface area contributed by atoms with Gasteiger partial charge in [-0.25, -0.2) is 4.98 Å². The Morgan fingerprint density at radius 1 is 1.44 bits per heavy atom. The van der Waals surface area contributed by atoms with Crippen LogP contribution < -0.4 is 10.6 Å². The normalized spacial score (nSPS) is 15.9. The summed E-state index contributed by atoms with van der Waals surface area (Å²) in [7, 11) is 2.10. The van der Waals surface area contributed by atoms with Crippen LogP contribution in [0.5, 0.6) is 0 Å². The number of nitrogens with zero attached hydrogens (tertiary/aromatic N) is 2. The first-order valence-electron chi connectivity index (χ1n) is 6.14. The first-order chi connectivity index (χ1) is 7.72. The zero-order valence-electron chi connectivity index (χ0n) is 10.2. The summed E-state index contributed by atoms with van der Waals surface area (Å²) in [6.07, 6.45) is 4.61. The number of pyridine rings is 1. The largest absolute Gasteiger partial charge is 0.357 e. The van der Waals surface area contributed by atoms with Crippen molar-refractivity contribution < 1.29 is 0 Å². The summed E-state index contributed by atoms with van der Waals surface area (Å²) < 4.78 is 0. The first-order valence-corrected chi connectivity index (χ1v) is 6.14. The molecule has 88 valence electrons. The van der Waals surface area contributed by atoms with E-state index in [1.54, 1.807) is 0 Å². The lowest BCUT2D eigenvalue weighted by molar-refractivity contribution is 0.628. The number of hydrogen-bond donors (Lipinski definition) is 1. The molecule has 0 spiro atoms. The fraction of sp³-hybridized carbons (Fsp3) is 0.615. The maximum absolute atomic E-state index is 5.59. The minimum atomic E-state index is 0.456. The molecule has 0 fully saturated rings. The Balaban J connectivity index is 2.14. The van der Waals surface area contributed by atoms with E-state index in [0.29, 0.717) is 6.04 Å². The van der Waals surface area contributed by atoms with Gasteiger partial charge < -0.3 is 10.6 Å². The van der Waals surface area contributed by atoms with Gasteiger partial charge in [-0.3, -0.25) is 0 Å². The van der Waals surface area contributed by atoms with Gasteiger partial charge in [0, 0.05) is 18.8 Å². The number of fused-ring (bicyclic) bond motifs is 1. The van der Waals surface area contributed by atoms with Crippen LogP contribution in [0.1, 0.15) is 31.0 Å². The highest BCUT2D eigenvalue weighted by molar-refractivity contribution is 5.43. The van der Waals surface area contributed by atoms with Crippen molar-refractivity contribution in [2.75, 3.05) is 18.5 Å². The lowest BCUT2D eigenvalue weighted by Gasteiger charge is -2.26. The van der Waals surface area contributed by atoms with Gasteiger partial charge in [-0.15, -0.1) is 0 Å². The number of aromatic nitrogens is 1. The molecule has 1 aliphatic rings. The molecular formula is C13H21N3. The van der Waals surface area contributed by atoms with E-state index < -0.39 is 0 Å². The monoisotopic (exact) mass is 219 g/mol. The maximum Gasteiger partial charge on any atom is 0.128 e. The Morgan fingerprint density at radius 2 is 2.25 bits per heavy atom. The Hall–Kier alpha value is -1.09. The fourth-order valence-electron chi connectivity index (χ4n) is 2.27. The van der Waals surface area contributed by atoms with Crippen molar-refractivity contribution in [3.05, 3.63) is 23.4 Å². The molecule has 3 heteroatoms. The van der Waals surface area contributed by atoms with Crippen molar-refractivity contribution in [3.63, 3.8) is 0 Å². The molecule has 1 aliphatic carbocycles. The Bertz CT molecular complexity index is 362. The molecule has 0 aliphatic heterocycles. The molecule has 1 aromatic rings. The summed E-state index contributed by atoms with van der Waals surface area (Å²) in [5.41, 5.74) is 8.32. The van der Waals surface area contributed by atoms with Crippen molar-refractivity contribution in [2.24, 2.45) is 5.73 Å². The van der Waals surface area contributed by atoms with Crippen molar-refractivity contribution >= 4 is 5.82 Å². The minimum absolute atomic E-state index is 0.456. The van der Waals surface area contributed by atoms with Crippen LogP contribution in [0.3, 0.4) is 0 Å². The van der Waals surface area contributed by atoms with E-state index in [1.807, 2.05) is 0 Å². The molecule has 1 unspecified atom stereocenters. The molecular weight excluding hydrogens is 198 g/mol. The van der Waals surface area contributed by atoms with Crippen LogP contribution in [-0.2, 0) is 12.8 Å². The predicted octanol–water partition coefficient (Wildman–Crippen LogP) is 1.74. The molecule has 2 rings (SSSR count). The van der Waals surface area contributed by atoms with Gasteiger partial charge in [0.15, 0.2) is 0 Å².